The largest absolute Gasteiger partial charge is 0.497 e. The lowest BCUT2D eigenvalue weighted by Crippen LogP contribution is -2.30. The average Bonchev–Trinajstić information content (AvgIpc) is 2.50. The van der Waals surface area contributed by atoms with E-state index < -0.39 is 0 Å². The zero-order valence-electron chi connectivity index (χ0n) is 12.8. The second kappa shape index (κ2) is 6.56. The maximum Gasteiger partial charge on any atom is 0.127 e. The van der Waals surface area contributed by atoms with Gasteiger partial charge in [0, 0.05) is 23.0 Å². The van der Waals surface area contributed by atoms with Crippen LogP contribution in [0.1, 0.15) is 28.6 Å². The van der Waals surface area contributed by atoms with Crippen LogP contribution in [0.2, 0.25) is 0 Å². The summed E-state index contributed by atoms with van der Waals surface area (Å²) < 4.78 is 10.7. The summed E-state index contributed by atoms with van der Waals surface area (Å²) in [5.74, 6) is 7.23. The van der Waals surface area contributed by atoms with E-state index in [1.54, 1.807) is 14.2 Å². The molecule has 0 saturated heterocycles. The lowest BCUT2D eigenvalue weighted by atomic mass is 9.97. The van der Waals surface area contributed by atoms with E-state index in [0.717, 1.165) is 34.0 Å². The highest BCUT2D eigenvalue weighted by molar-refractivity contribution is 5.46. The molecule has 0 saturated carbocycles. The number of nitrogens with zero attached hydrogens (tertiary/aromatic N) is 1. The van der Waals surface area contributed by atoms with Crippen molar-refractivity contribution in [3.63, 3.8) is 0 Å². The van der Waals surface area contributed by atoms with Gasteiger partial charge in [0.2, 0.25) is 0 Å². The Labute approximate surface area is 125 Å². The number of pyridine rings is 1. The van der Waals surface area contributed by atoms with Crippen molar-refractivity contribution in [2.75, 3.05) is 14.2 Å². The first kappa shape index (κ1) is 15.3. The Bertz CT molecular complexity index is 629. The summed E-state index contributed by atoms with van der Waals surface area (Å²) >= 11 is 0. The smallest absolute Gasteiger partial charge is 0.127 e. The zero-order chi connectivity index (χ0) is 15.4. The first-order chi connectivity index (χ1) is 10.1. The minimum atomic E-state index is -0.195. The van der Waals surface area contributed by atoms with E-state index in [1.165, 1.54) is 0 Å². The quantitative estimate of drug-likeness (QED) is 0.652. The van der Waals surface area contributed by atoms with Crippen LogP contribution >= 0.6 is 0 Å². The number of aromatic nitrogens is 1. The van der Waals surface area contributed by atoms with Crippen molar-refractivity contribution in [2.24, 2.45) is 5.84 Å². The van der Waals surface area contributed by atoms with Gasteiger partial charge in [0.1, 0.15) is 11.5 Å². The van der Waals surface area contributed by atoms with Crippen LogP contribution in [-0.2, 0) is 0 Å². The van der Waals surface area contributed by atoms with Crippen LogP contribution in [-0.4, -0.2) is 19.2 Å². The van der Waals surface area contributed by atoms with E-state index in [-0.39, 0.29) is 6.04 Å². The van der Waals surface area contributed by atoms with Gasteiger partial charge in [-0.25, -0.2) is 5.43 Å². The van der Waals surface area contributed by atoms with Crippen molar-refractivity contribution < 1.29 is 9.47 Å². The summed E-state index contributed by atoms with van der Waals surface area (Å²) in [6, 6.07) is 9.49. The molecule has 1 atom stereocenters. The lowest BCUT2D eigenvalue weighted by Gasteiger charge is -2.21. The van der Waals surface area contributed by atoms with Crippen molar-refractivity contribution in [3.05, 3.63) is 52.8 Å². The van der Waals surface area contributed by atoms with Gasteiger partial charge >= 0.3 is 0 Å². The van der Waals surface area contributed by atoms with Crippen LogP contribution in [0.15, 0.2) is 30.3 Å². The molecule has 21 heavy (non-hydrogen) atoms. The number of nitrogens with two attached hydrogens (primary N) is 1. The summed E-state index contributed by atoms with van der Waals surface area (Å²) in [6.07, 6.45) is 0. The summed E-state index contributed by atoms with van der Waals surface area (Å²) in [6.45, 7) is 3.94. The summed E-state index contributed by atoms with van der Waals surface area (Å²) in [5, 5.41) is 0. The van der Waals surface area contributed by atoms with E-state index >= 15 is 0 Å². The lowest BCUT2D eigenvalue weighted by molar-refractivity contribution is 0.387. The maximum atomic E-state index is 5.77. The highest BCUT2D eigenvalue weighted by Crippen LogP contribution is 2.33. The number of benzene rings is 1. The molecule has 0 radical (unpaired) electrons. The monoisotopic (exact) mass is 287 g/mol. The van der Waals surface area contributed by atoms with E-state index in [9.17, 15) is 0 Å². The Morgan fingerprint density at radius 1 is 1.05 bits per heavy atom. The fraction of sp³-hybridized carbons (Fsp3) is 0.312. The van der Waals surface area contributed by atoms with Gasteiger partial charge in [-0.3, -0.25) is 10.8 Å². The molecule has 1 aromatic carbocycles. The Hall–Kier alpha value is -2.11. The molecule has 3 N–H and O–H groups in total. The van der Waals surface area contributed by atoms with Crippen LogP contribution in [0.5, 0.6) is 11.5 Å². The SMILES string of the molecule is COc1ccc(C(NN)c2ccc(C)nc2C)c(OC)c1. The first-order valence-corrected chi connectivity index (χ1v) is 6.73. The van der Waals surface area contributed by atoms with E-state index in [4.69, 9.17) is 15.3 Å². The van der Waals surface area contributed by atoms with Crippen molar-refractivity contribution in [1.29, 1.82) is 0 Å². The highest BCUT2D eigenvalue weighted by atomic mass is 16.5. The fourth-order valence-electron chi connectivity index (χ4n) is 2.41. The van der Waals surface area contributed by atoms with Gasteiger partial charge in [-0.1, -0.05) is 6.07 Å². The number of hydrogen-bond donors (Lipinski definition) is 2. The molecule has 5 nitrogen and oxygen atoms in total. The van der Waals surface area contributed by atoms with E-state index in [0.29, 0.717) is 0 Å². The predicted octanol–water partition coefficient (Wildman–Crippen LogP) is 2.27. The number of rotatable bonds is 5. The molecule has 2 aromatic rings. The summed E-state index contributed by atoms with van der Waals surface area (Å²) in [4.78, 5) is 4.50. The normalized spacial score (nSPS) is 12.0. The number of aryl methyl sites for hydroxylation is 2. The maximum absolute atomic E-state index is 5.77. The van der Waals surface area contributed by atoms with E-state index in [2.05, 4.69) is 10.4 Å². The summed E-state index contributed by atoms with van der Waals surface area (Å²) in [7, 11) is 3.26. The molecule has 0 aliphatic carbocycles. The molecule has 1 aromatic heterocycles. The minimum Gasteiger partial charge on any atom is -0.497 e. The Morgan fingerprint density at radius 3 is 2.33 bits per heavy atom. The number of methoxy groups -OCH3 is 2. The topological polar surface area (TPSA) is 69.4 Å². The number of hydrazine groups is 1. The van der Waals surface area contributed by atoms with Gasteiger partial charge in [0.15, 0.2) is 0 Å². The third kappa shape index (κ3) is 3.15. The molecular weight excluding hydrogens is 266 g/mol. The number of ether oxygens (including phenoxy) is 2. The first-order valence-electron chi connectivity index (χ1n) is 6.73. The Kier molecular flexibility index (Phi) is 4.77. The van der Waals surface area contributed by atoms with Crippen LogP contribution in [0, 0.1) is 13.8 Å². The van der Waals surface area contributed by atoms with Gasteiger partial charge < -0.3 is 9.47 Å². The molecule has 2 rings (SSSR count). The molecule has 0 aliphatic rings. The third-order valence-corrected chi connectivity index (χ3v) is 3.50. The summed E-state index contributed by atoms with van der Waals surface area (Å²) in [5.41, 5.74) is 6.73. The average molecular weight is 287 g/mol. The fourth-order valence-corrected chi connectivity index (χ4v) is 2.41. The van der Waals surface area contributed by atoms with Gasteiger partial charge in [0.25, 0.3) is 0 Å². The van der Waals surface area contributed by atoms with Crippen LogP contribution in [0.3, 0.4) is 0 Å². The molecule has 0 fully saturated rings. The molecule has 0 aliphatic heterocycles. The predicted molar refractivity (Wildman–Crippen MR) is 82.4 cm³/mol. The van der Waals surface area contributed by atoms with Gasteiger partial charge in [-0.05, 0) is 37.6 Å². The van der Waals surface area contributed by atoms with Gasteiger partial charge in [-0.15, -0.1) is 0 Å². The number of hydrogen-bond acceptors (Lipinski definition) is 5. The molecule has 0 amide bonds. The van der Waals surface area contributed by atoms with Gasteiger partial charge in [-0.2, -0.15) is 0 Å². The molecule has 112 valence electrons. The zero-order valence-corrected chi connectivity index (χ0v) is 12.8. The van der Waals surface area contributed by atoms with Crippen LogP contribution in [0.25, 0.3) is 0 Å². The second-order valence-electron chi connectivity index (χ2n) is 4.83. The van der Waals surface area contributed by atoms with Crippen molar-refractivity contribution >= 4 is 0 Å². The molecule has 0 bridgehead atoms. The van der Waals surface area contributed by atoms with Crippen LogP contribution < -0.4 is 20.7 Å². The molecule has 1 heterocycles. The standard InChI is InChI=1S/C16H21N3O2/c1-10-5-7-13(11(2)18-10)16(19-17)14-8-6-12(20-3)9-15(14)21-4/h5-9,16,19H,17H2,1-4H3. The van der Waals surface area contributed by atoms with E-state index in [1.807, 2.05) is 44.2 Å². The van der Waals surface area contributed by atoms with Crippen LogP contribution in [0.4, 0.5) is 0 Å². The third-order valence-electron chi connectivity index (χ3n) is 3.50. The number of nitrogens with one attached hydrogen (secondary N) is 1. The molecule has 5 heteroatoms. The molecule has 0 spiro atoms. The minimum absolute atomic E-state index is 0.195. The Morgan fingerprint density at radius 2 is 1.76 bits per heavy atom. The van der Waals surface area contributed by atoms with Crippen molar-refractivity contribution in [2.45, 2.75) is 19.9 Å². The Balaban J connectivity index is 2.50. The van der Waals surface area contributed by atoms with Crippen molar-refractivity contribution in [3.8, 4) is 11.5 Å². The van der Waals surface area contributed by atoms with Crippen molar-refractivity contribution in [1.82, 2.24) is 10.4 Å². The highest BCUT2D eigenvalue weighted by Gasteiger charge is 2.20. The molecule has 1 unspecified atom stereocenters. The van der Waals surface area contributed by atoms with Gasteiger partial charge in [0.05, 0.1) is 20.3 Å². The second-order valence-corrected chi connectivity index (χ2v) is 4.83. The molecular formula is C16H21N3O2.